The minimum atomic E-state index is -2.64. The fourth-order valence-electron chi connectivity index (χ4n) is 2.77. The summed E-state index contributed by atoms with van der Waals surface area (Å²) in [6.07, 6.45) is 2.07. The zero-order valence-corrected chi connectivity index (χ0v) is 14.2. The quantitative estimate of drug-likeness (QED) is 0.696. The summed E-state index contributed by atoms with van der Waals surface area (Å²) in [7, 11) is 0. The van der Waals surface area contributed by atoms with Crippen molar-refractivity contribution in [1.29, 1.82) is 0 Å². The molecule has 0 amide bonds. The van der Waals surface area contributed by atoms with Crippen LogP contribution in [0.15, 0.2) is 24.3 Å². The monoisotopic (exact) mass is 322 g/mol. The summed E-state index contributed by atoms with van der Waals surface area (Å²) in [5, 5.41) is 0. The molecule has 4 heteroatoms. The van der Waals surface area contributed by atoms with Gasteiger partial charge in [0.05, 0.1) is 5.56 Å². The van der Waals surface area contributed by atoms with Crippen LogP contribution >= 0.6 is 0 Å². The Balaban J connectivity index is 2.45. The molecule has 0 aromatic heterocycles. The van der Waals surface area contributed by atoms with E-state index < -0.39 is 11.5 Å². The summed E-state index contributed by atoms with van der Waals surface area (Å²) in [5.41, 5.74) is 2.35. The molecule has 2 rings (SSSR count). The number of allylic oxidation sites excluding steroid dienone is 2. The highest BCUT2D eigenvalue weighted by Crippen LogP contribution is 2.38. The number of benzene rings is 1. The van der Waals surface area contributed by atoms with Gasteiger partial charge < -0.3 is 4.74 Å². The predicted octanol–water partition coefficient (Wildman–Crippen LogP) is 5.41. The van der Waals surface area contributed by atoms with E-state index in [9.17, 15) is 13.6 Å². The Morgan fingerprint density at radius 2 is 2.00 bits per heavy atom. The Bertz CT molecular complexity index is 625. The fraction of sp³-hybridized carbons (Fsp3) is 0.526. The third-order valence-corrected chi connectivity index (χ3v) is 3.89. The average molecular weight is 322 g/mol. The Labute approximate surface area is 136 Å². The van der Waals surface area contributed by atoms with E-state index in [2.05, 4.69) is 0 Å². The smallest absolute Gasteiger partial charge is 0.339 e. The molecule has 0 heterocycles. The summed E-state index contributed by atoms with van der Waals surface area (Å²) < 4.78 is 32.3. The number of carbonyl (C=O) groups excluding carboxylic acids is 1. The molecule has 23 heavy (non-hydrogen) atoms. The van der Waals surface area contributed by atoms with Crippen LogP contribution in [0.4, 0.5) is 8.78 Å². The first-order valence-electron chi connectivity index (χ1n) is 8.05. The van der Waals surface area contributed by atoms with Crippen molar-refractivity contribution >= 4 is 11.5 Å². The van der Waals surface area contributed by atoms with Gasteiger partial charge >= 0.3 is 5.97 Å². The summed E-state index contributed by atoms with van der Waals surface area (Å²) in [4.78, 5) is 12.6. The largest absolute Gasteiger partial charge is 0.456 e. The van der Waals surface area contributed by atoms with Crippen LogP contribution in [0.1, 0.15) is 68.4 Å². The molecule has 0 spiro atoms. The number of carbonyl (C=O) groups is 1. The lowest BCUT2D eigenvalue weighted by Gasteiger charge is -2.25. The normalized spacial score (nSPS) is 17.6. The van der Waals surface area contributed by atoms with Gasteiger partial charge in [0.2, 0.25) is 0 Å². The minimum absolute atomic E-state index is 0.178. The van der Waals surface area contributed by atoms with Crippen molar-refractivity contribution in [3.8, 4) is 0 Å². The van der Waals surface area contributed by atoms with Gasteiger partial charge in [0.15, 0.2) is 0 Å². The third kappa shape index (κ3) is 4.40. The number of rotatable bonds is 3. The average Bonchev–Trinajstić information content (AvgIpc) is 2.44. The molecule has 0 N–H and O–H groups in total. The van der Waals surface area contributed by atoms with E-state index in [-0.39, 0.29) is 25.2 Å². The first-order valence-corrected chi connectivity index (χ1v) is 8.05. The maximum Gasteiger partial charge on any atom is 0.339 e. The van der Waals surface area contributed by atoms with E-state index >= 15 is 0 Å². The molecule has 1 aromatic carbocycles. The summed E-state index contributed by atoms with van der Waals surface area (Å²) in [6.45, 7) is 7.43. The van der Waals surface area contributed by atoms with Gasteiger partial charge in [-0.25, -0.2) is 13.6 Å². The number of ether oxygens (including phenoxy) is 1. The number of aryl methyl sites for hydroxylation is 1. The van der Waals surface area contributed by atoms with Crippen LogP contribution in [-0.2, 0) is 11.2 Å². The van der Waals surface area contributed by atoms with Gasteiger partial charge in [0, 0.05) is 12.8 Å². The summed E-state index contributed by atoms with van der Waals surface area (Å²) in [5.74, 6) is -3.03. The number of hydrogen-bond donors (Lipinski definition) is 0. The molecule has 1 aliphatic rings. The first-order chi connectivity index (χ1) is 10.6. The van der Waals surface area contributed by atoms with Crippen LogP contribution in [0.3, 0.4) is 0 Å². The van der Waals surface area contributed by atoms with Gasteiger partial charge in [-0.05, 0) is 50.3 Å². The molecule has 0 radical (unpaired) electrons. The molecule has 1 aromatic rings. The Morgan fingerprint density at radius 3 is 2.52 bits per heavy atom. The Morgan fingerprint density at radius 1 is 1.30 bits per heavy atom. The molecule has 0 bridgehead atoms. The number of alkyl halides is 2. The molecule has 0 aliphatic heterocycles. The molecular formula is C19H24F2O2. The maximum absolute atomic E-state index is 13.4. The SMILES string of the molecule is CCc1cccc(C2=CCC(F)(F)CC2)c1C(=O)OC(C)(C)C. The van der Waals surface area contributed by atoms with Crippen LogP contribution in [0.5, 0.6) is 0 Å². The van der Waals surface area contributed by atoms with Gasteiger partial charge in [-0.3, -0.25) is 0 Å². The number of halogens is 2. The van der Waals surface area contributed by atoms with Crippen molar-refractivity contribution in [1.82, 2.24) is 0 Å². The van der Waals surface area contributed by atoms with E-state index in [0.29, 0.717) is 12.0 Å². The molecule has 0 saturated carbocycles. The predicted molar refractivity (Wildman–Crippen MR) is 87.8 cm³/mol. The van der Waals surface area contributed by atoms with Crippen molar-refractivity contribution in [2.45, 2.75) is 64.9 Å². The first kappa shape index (κ1) is 17.6. The van der Waals surface area contributed by atoms with Gasteiger partial charge in [0.1, 0.15) is 5.60 Å². The highest BCUT2D eigenvalue weighted by molar-refractivity contribution is 5.97. The van der Waals surface area contributed by atoms with Gasteiger partial charge in [-0.2, -0.15) is 0 Å². The van der Waals surface area contributed by atoms with Crippen molar-refractivity contribution in [2.24, 2.45) is 0 Å². The minimum Gasteiger partial charge on any atom is -0.456 e. The van der Waals surface area contributed by atoms with Crippen molar-refractivity contribution in [3.63, 3.8) is 0 Å². The second-order valence-electron chi connectivity index (χ2n) is 6.98. The molecule has 1 aliphatic carbocycles. The lowest BCUT2D eigenvalue weighted by atomic mass is 9.87. The lowest BCUT2D eigenvalue weighted by molar-refractivity contribution is -0.00603. The van der Waals surface area contributed by atoms with Gasteiger partial charge in [0.25, 0.3) is 5.92 Å². The topological polar surface area (TPSA) is 26.3 Å². The molecule has 126 valence electrons. The molecule has 0 saturated heterocycles. The summed E-state index contributed by atoms with van der Waals surface area (Å²) >= 11 is 0. The second-order valence-corrected chi connectivity index (χ2v) is 6.98. The van der Waals surface area contributed by atoms with E-state index in [4.69, 9.17) is 4.74 Å². The maximum atomic E-state index is 13.4. The van der Waals surface area contributed by atoms with E-state index in [1.54, 1.807) is 6.08 Å². The second kappa shape index (κ2) is 6.42. The standard InChI is InChI=1S/C19H24F2O2/c1-5-13-7-6-8-15(14-9-11-19(20,21)12-10-14)16(13)17(22)23-18(2,3)4/h6-9H,5,10-12H2,1-4H3. The lowest BCUT2D eigenvalue weighted by Crippen LogP contribution is -2.25. The zero-order chi connectivity index (χ0) is 17.3. The molecule has 2 nitrogen and oxygen atoms in total. The van der Waals surface area contributed by atoms with Crippen LogP contribution in [-0.4, -0.2) is 17.5 Å². The highest BCUT2D eigenvalue weighted by Gasteiger charge is 2.32. The van der Waals surface area contributed by atoms with E-state index in [1.807, 2.05) is 45.9 Å². The molecule has 0 unspecified atom stereocenters. The van der Waals surface area contributed by atoms with E-state index in [0.717, 1.165) is 16.7 Å². The van der Waals surface area contributed by atoms with Crippen molar-refractivity contribution < 1.29 is 18.3 Å². The third-order valence-electron chi connectivity index (χ3n) is 3.89. The van der Waals surface area contributed by atoms with Crippen LogP contribution in [0, 0.1) is 0 Å². The van der Waals surface area contributed by atoms with Crippen LogP contribution in [0.25, 0.3) is 5.57 Å². The number of esters is 1. The molecular weight excluding hydrogens is 298 g/mol. The van der Waals surface area contributed by atoms with Crippen LogP contribution < -0.4 is 0 Å². The fourth-order valence-corrected chi connectivity index (χ4v) is 2.77. The molecule has 0 atom stereocenters. The highest BCUT2D eigenvalue weighted by atomic mass is 19.3. The Hall–Kier alpha value is -1.71. The summed E-state index contributed by atoms with van der Waals surface area (Å²) in [6, 6.07) is 5.59. The van der Waals surface area contributed by atoms with Crippen molar-refractivity contribution in [2.75, 3.05) is 0 Å². The zero-order valence-electron chi connectivity index (χ0n) is 14.2. The van der Waals surface area contributed by atoms with E-state index in [1.165, 1.54) is 0 Å². The van der Waals surface area contributed by atoms with Gasteiger partial charge in [-0.1, -0.05) is 31.2 Å². The van der Waals surface area contributed by atoms with Gasteiger partial charge in [-0.15, -0.1) is 0 Å². The molecule has 0 fully saturated rings. The Kier molecular flexibility index (Phi) is 4.92. The van der Waals surface area contributed by atoms with Crippen LogP contribution in [0.2, 0.25) is 0 Å². The van der Waals surface area contributed by atoms with Crippen molar-refractivity contribution in [3.05, 3.63) is 41.0 Å². The number of hydrogen-bond acceptors (Lipinski definition) is 2.